The van der Waals surface area contributed by atoms with Gasteiger partial charge < -0.3 is 15.6 Å². The van der Waals surface area contributed by atoms with Gasteiger partial charge in [0.25, 0.3) is 0 Å². The molecule has 0 amide bonds. The highest BCUT2D eigenvalue weighted by Crippen LogP contribution is 2.13. The number of ether oxygens (including phenoxy) is 1. The Kier molecular flexibility index (Phi) is 6.53. The maximum absolute atomic E-state index is 10.8. The highest BCUT2D eigenvalue weighted by molar-refractivity contribution is 5.70. The summed E-state index contributed by atoms with van der Waals surface area (Å²) in [4.78, 5) is 10.8. The summed E-state index contributed by atoms with van der Waals surface area (Å²) >= 11 is 0. The molecule has 3 atom stereocenters. The molecule has 0 aliphatic carbocycles. The molecule has 1 aromatic carbocycles. The smallest absolute Gasteiger partial charge is 0.307 e. The predicted molar refractivity (Wildman–Crippen MR) is 74.7 cm³/mol. The van der Waals surface area contributed by atoms with Gasteiger partial charge in [-0.3, -0.25) is 4.79 Å². The van der Waals surface area contributed by atoms with E-state index in [0.717, 1.165) is 5.56 Å². The molecule has 4 nitrogen and oxygen atoms in total. The van der Waals surface area contributed by atoms with Gasteiger partial charge in [-0.1, -0.05) is 44.2 Å². The average molecular weight is 265 g/mol. The molecule has 0 aliphatic heterocycles. The van der Waals surface area contributed by atoms with E-state index in [1.54, 1.807) is 6.92 Å². The Morgan fingerprint density at radius 2 is 1.95 bits per heavy atom. The lowest BCUT2D eigenvalue weighted by Gasteiger charge is -2.20. The summed E-state index contributed by atoms with van der Waals surface area (Å²) in [6, 6.07) is 9.64. The summed E-state index contributed by atoms with van der Waals surface area (Å²) < 4.78 is 5.62. The van der Waals surface area contributed by atoms with Gasteiger partial charge in [-0.15, -0.1) is 0 Å². The van der Waals surface area contributed by atoms with E-state index in [4.69, 9.17) is 15.6 Å². The number of nitrogens with two attached hydrogens (primary N) is 1. The number of carboxylic acid groups (broad SMARTS) is 1. The Morgan fingerprint density at radius 3 is 2.53 bits per heavy atom. The largest absolute Gasteiger partial charge is 0.481 e. The second-order valence-corrected chi connectivity index (χ2v) is 5.13. The number of carbonyl (C=O) groups is 1. The first-order chi connectivity index (χ1) is 9.00. The number of aliphatic carboxylic acids is 1. The molecule has 106 valence electrons. The number of benzene rings is 1. The van der Waals surface area contributed by atoms with Crippen LogP contribution in [0, 0.1) is 11.8 Å². The van der Waals surface area contributed by atoms with Gasteiger partial charge in [-0.2, -0.15) is 0 Å². The third-order valence-electron chi connectivity index (χ3n) is 3.22. The Labute approximate surface area is 114 Å². The van der Waals surface area contributed by atoms with Crippen LogP contribution in [0.3, 0.4) is 0 Å². The zero-order chi connectivity index (χ0) is 14.3. The van der Waals surface area contributed by atoms with E-state index < -0.39 is 11.9 Å². The van der Waals surface area contributed by atoms with Crippen LogP contribution in [0.1, 0.15) is 25.8 Å². The van der Waals surface area contributed by atoms with Crippen molar-refractivity contribution in [1.29, 1.82) is 0 Å². The van der Waals surface area contributed by atoms with Crippen molar-refractivity contribution in [1.82, 2.24) is 0 Å². The van der Waals surface area contributed by atoms with Crippen LogP contribution in [0.2, 0.25) is 0 Å². The number of carboxylic acids is 1. The Hall–Kier alpha value is -1.39. The van der Waals surface area contributed by atoms with Crippen LogP contribution >= 0.6 is 0 Å². The first-order valence-electron chi connectivity index (χ1n) is 6.60. The van der Waals surface area contributed by atoms with Gasteiger partial charge in [0.1, 0.15) is 0 Å². The minimum atomic E-state index is -0.843. The normalized spacial score (nSPS) is 15.7. The summed E-state index contributed by atoms with van der Waals surface area (Å²) in [5, 5.41) is 8.88. The predicted octanol–water partition coefficient (Wildman–Crippen LogP) is 2.28. The molecular weight excluding hydrogens is 242 g/mol. The first kappa shape index (κ1) is 15.7. The van der Waals surface area contributed by atoms with Crippen LogP contribution in [-0.2, 0) is 16.1 Å². The van der Waals surface area contributed by atoms with Crippen molar-refractivity contribution >= 4 is 5.97 Å². The van der Waals surface area contributed by atoms with Crippen LogP contribution in [0.15, 0.2) is 30.3 Å². The van der Waals surface area contributed by atoms with Gasteiger partial charge >= 0.3 is 5.97 Å². The molecule has 0 radical (unpaired) electrons. The standard InChI is InChI=1S/C15H23NO3/c1-11(8-14(16)12(2)15(17)18)9-19-10-13-6-4-3-5-7-13/h3-7,11-12,14H,8-10,16H2,1-2H3,(H,17,18)/t11-,12?,14-/m0/s1. The second-order valence-electron chi connectivity index (χ2n) is 5.13. The van der Waals surface area contributed by atoms with Gasteiger partial charge in [-0.05, 0) is 17.9 Å². The van der Waals surface area contributed by atoms with Crippen molar-refractivity contribution in [3.63, 3.8) is 0 Å². The topological polar surface area (TPSA) is 72.5 Å². The molecule has 19 heavy (non-hydrogen) atoms. The summed E-state index contributed by atoms with van der Waals surface area (Å²) in [6.07, 6.45) is 0.655. The molecule has 0 bridgehead atoms. The molecule has 0 aliphatic rings. The third-order valence-corrected chi connectivity index (χ3v) is 3.22. The number of hydrogen-bond acceptors (Lipinski definition) is 3. The minimum Gasteiger partial charge on any atom is -0.481 e. The fourth-order valence-corrected chi connectivity index (χ4v) is 1.87. The number of hydrogen-bond donors (Lipinski definition) is 2. The van der Waals surface area contributed by atoms with Crippen molar-refractivity contribution in [3.8, 4) is 0 Å². The molecule has 1 unspecified atom stereocenters. The summed E-state index contributed by atoms with van der Waals surface area (Å²) in [5.74, 6) is -1.11. The van der Waals surface area contributed by atoms with Gasteiger partial charge in [0, 0.05) is 12.6 Å². The molecule has 1 rings (SSSR count). The molecule has 1 aromatic rings. The van der Waals surface area contributed by atoms with Crippen LogP contribution in [-0.4, -0.2) is 23.7 Å². The highest BCUT2D eigenvalue weighted by atomic mass is 16.5. The molecule has 0 fully saturated rings. The lowest BCUT2D eigenvalue weighted by Crippen LogP contribution is -2.35. The maximum atomic E-state index is 10.8. The highest BCUT2D eigenvalue weighted by Gasteiger charge is 2.21. The molecule has 0 saturated carbocycles. The van der Waals surface area contributed by atoms with Gasteiger partial charge in [-0.25, -0.2) is 0 Å². The molecule has 0 aromatic heterocycles. The molecule has 4 heteroatoms. The first-order valence-corrected chi connectivity index (χ1v) is 6.60. The summed E-state index contributed by atoms with van der Waals surface area (Å²) in [5.41, 5.74) is 7.00. The van der Waals surface area contributed by atoms with Crippen LogP contribution in [0.4, 0.5) is 0 Å². The van der Waals surface area contributed by atoms with Crippen LogP contribution in [0.5, 0.6) is 0 Å². The monoisotopic (exact) mass is 265 g/mol. The lowest BCUT2D eigenvalue weighted by molar-refractivity contribution is -0.141. The third kappa shape index (κ3) is 5.85. The van der Waals surface area contributed by atoms with E-state index in [-0.39, 0.29) is 12.0 Å². The van der Waals surface area contributed by atoms with Gasteiger partial charge in [0.2, 0.25) is 0 Å². The molecule has 0 heterocycles. The van der Waals surface area contributed by atoms with E-state index >= 15 is 0 Å². The van der Waals surface area contributed by atoms with Crippen molar-refractivity contribution in [2.75, 3.05) is 6.61 Å². The second kappa shape index (κ2) is 7.92. The van der Waals surface area contributed by atoms with E-state index in [1.807, 2.05) is 37.3 Å². The maximum Gasteiger partial charge on any atom is 0.307 e. The van der Waals surface area contributed by atoms with Gasteiger partial charge in [0.15, 0.2) is 0 Å². The van der Waals surface area contributed by atoms with Crippen molar-refractivity contribution in [3.05, 3.63) is 35.9 Å². The van der Waals surface area contributed by atoms with Crippen molar-refractivity contribution in [2.45, 2.75) is 32.9 Å². The molecule has 3 N–H and O–H groups in total. The van der Waals surface area contributed by atoms with E-state index in [0.29, 0.717) is 19.6 Å². The molecular formula is C15H23NO3. The van der Waals surface area contributed by atoms with Gasteiger partial charge in [0.05, 0.1) is 12.5 Å². The minimum absolute atomic E-state index is 0.250. The van der Waals surface area contributed by atoms with E-state index in [1.165, 1.54) is 0 Å². The van der Waals surface area contributed by atoms with Crippen molar-refractivity contribution in [2.24, 2.45) is 17.6 Å². The van der Waals surface area contributed by atoms with Crippen LogP contribution < -0.4 is 5.73 Å². The SMILES string of the molecule is CC(C(=O)O)[C@@H](N)C[C@H](C)COCc1ccccc1. The van der Waals surface area contributed by atoms with Crippen LogP contribution in [0.25, 0.3) is 0 Å². The zero-order valence-corrected chi connectivity index (χ0v) is 11.6. The lowest BCUT2D eigenvalue weighted by atomic mass is 9.94. The summed E-state index contributed by atoms with van der Waals surface area (Å²) in [6.45, 7) is 4.84. The van der Waals surface area contributed by atoms with E-state index in [2.05, 4.69) is 0 Å². The average Bonchev–Trinajstić information content (AvgIpc) is 2.38. The zero-order valence-electron chi connectivity index (χ0n) is 11.6. The Bertz CT molecular complexity index is 380. The molecule has 0 spiro atoms. The van der Waals surface area contributed by atoms with E-state index in [9.17, 15) is 4.79 Å². The fraction of sp³-hybridized carbons (Fsp3) is 0.533. The quantitative estimate of drug-likeness (QED) is 0.756. The Balaban J connectivity index is 2.24. The Morgan fingerprint density at radius 1 is 1.32 bits per heavy atom. The fourth-order valence-electron chi connectivity index (χ4n) is 1.87. The molecule has 0 saturated heterocycles. The summed E-state index contributed by atoms with van der Waals surface area (Å²) in [7, 11) is 0. The number of rotatable bonds is 8. The van der Waals surface area contributed by atoms with Crippen molar-refractivity contribution < 1.29 is 14.6 Å².